The van der Waals surface area contributed by atoms with Gasteiger partial charge in [0.2, 0.25) is 0 Å². The molecule has 2 N–H and O–H groups in total. The van der Waals surface area contributed by atoms with E-state index in [9.17, 15) is 4.79 Å². The Hall–Kier alpha value is -3.54. The molecule has 0 spiro atoms. The highest BCUT2D eigenvalue weighted by Crippen LogP contribution is 2.26. The second-order valence-electron chi connectivity index (χ2n) is 5.98. The standard InChI is InChI=1S/C22H23N3O3/c1-3-28-20-11-7-5-9-18(20)25-21-14-16(12-13-23-21)22(26)24-15-17-8-4-6-10-19(17)27-2/h4-14H,3,15H2,1-2H3,(H,23,25)(H,24,26). The minimum Gasteiger partial charge on any atom is -0.496 e. The summed E-state index contributed by atoms with van der Waals surface area (Å²) in [5.41, 5.74) is 2.22. The molecule has 0 atom stereocenters. The molecule has 1 amide bonds. The van der Waals surface area contributed by atoms with E-state index >= 15 is 0 Å². The minimum atomic E-state index is -0.186. The molecule has 3 aromatic rings. The van der Waals surface area contributed by atoms with E-state index < -0.39 is 0 Å². The number of hydrogen-bond donors (Lipinski definition) is 2. The van der Waals surface area contributed by atoms with Crippen LogP contribution in [-0.2, 0) is 6.54 Å². The van der Waals surface area contributed by atoms with Crippen molar-refractivity contribution in [2.45, 2.75) is 13.5 Å². The highest BCUT2D eigenvalue weighted by Gasteiger charge is 2.10. The molecule has 28 heavy (non-hydrogen) atoms. The first-order valence-corrected chi connectivity index (χ1v) is 9.06. The van der Waals surface area contributed by atoms with Crippen LogP contribution < -0.4 is 20.1 Å². The van der Waals surface area contributed by atoms with Gasteiger partial charge in [0.1, 0.15) is 17.3 Å². The Bertz CT molecular complexity index is 944. The van der Waals surface area contributed by atoms with Gasteiger partial charge in [-0.3, -0.25) is 4.79 Å². The molecule has 0 fully saturated rings. The Balaban J connectivity index is 1.70. The van der Waals surface area contributed by atoms with Gasteiger partial charge in [0.25, 0.3) is 5.91 Å². The Labute approximate surface area is 164 Å². The van der Waals surface area contributed by atoms with E-state index in [-0.39, 0.29) is 5.91 Å². The number of para-hydroxylation sites is 3. The van der Waals surface area contributed by atoms with Gasteiger partial charge in [-0.1, -0.05) is 30.3 Å². The van der Waals surface area contributed by atoms with Gasteiger partial charge in [0.05, 0.1) is 19.4 Å². The normalized spacial score (nSPS) is 10.2. The SMILES string of the molecule is CCOc1ccccc1Nc1cc(C(=O)NCc2ccccc2OC)ccn1. The van der Waals surface area contributed by atoms with Crippen molar-refractivity contribution >= 4 is 17.4 Å². The minimum absolute atomic E-state index is 0.186. The maximum absolute atomic E-state index is 12.6. The molecule has 0 aliphatic heterocycles. The lowest BCUT2D eigenvalue weighted by Gasteiger charge is -2.12. The van der Waals surface area contributed by atoms with E-state index in [1.54, 1.807) is 25.4 Å². The molecular weight excluding hydrogens is 354 g/mol. The van der Waals surface area contributed by atoms with Crippen molar-refractivity contribution in [3.63, 3.8) is 0 Å². The molecular formula is C22H23N3O3. The highest BCUT2D eigenvalue weighted by molar-refractivity contribution is 5.95. The van der Waals surface area contributed by atoms with Crippen LogP contribution in [0.5, 0.6) is 11.5 Å². The lowest BCUT2D eigenvalue weighted by atomic mass is 10.2. The van der Waals surface area contributed by atoms with Crippen molar-refractivity contribution in [1.29, 1.82) is 0 Å². The first-order chi connectivity index (χ1) is 13.7. The Morgan fingerprint density at radius 2 is 1.79 bits per heavy atom. The number of carbonyl (C=O) groups is 1. The number of benzene rings is 2. The molecule has 0 bridgehead atoms. The molecule has 6 heteroatoms. The van der Waals surface area contributed by atoms with E-state index in [0.29, 0.717) is 24.5 Å². The third-order valence-corrected chi connectivity index (χ3v) is 4.10. The molecule has 2 aromatic carbocycles. The fourth-order valence-corrected chi connectivity index (χ4v) is 2.76. The van der Waals surface area contributed by atoms with E-state index in [0.717, 1.165) is 22.7 Å². The number of hydrogen-bond acceptors (Lipinski definition) is 5. The van der Waals surface area contributed by atoms with E-state index in [1.165, 1.54) is 0 Å². The molecule has 0 saturated carbocycles. The lowest BCUT2D eigenvalue weighted by molar-refractivity contribution is 0.0950. The van der Waals surface area contributed by atoms with Crippen LogP contribution >= 0.6 is 0 Å². The molecule has 0 unspecified atom stereocenters. The Morgan fingerprint density at radius 3 is 2.57 bits per heavy atom. The second-order valence-corrected chi connectivity index (χ2v) is 5.98. The molecule has 3 rings (SSSR count). The monoisotopic (exact) mass is 377 g/mol. The van der Waals surface area contributed by atoms with Crippen molar-refractivity contribution in [1.82, 2.24) is 10.3 Å². The highest BCUT2D eigenvalue weighted by atomic mass is 16.5. The average Bonchev–Trinajstić information content (AvgIpc) is 2.74. The Kier molecular flexibility index (Phi) is 6.46. The van der Waals surface area contributed by atoms with Crippen LogP contribution in [-0.4, -0.2) is 24.6 Å². The maximum atomic E-state index is 12.6. The smallest absolute Gasteiger partial charge is 0.251 e. The largest absolute Gasteiger partial charge is 0.496 e. The molecule has 0 radical (unpaired) electrons. The van der Waals surface area contributed by atoms with Crippen molar-refractivity contribution in [2.75, 3.05) is 19.0 Å². The van der Waals surface area contributed by atoms with Gasteiger partial charge in [-0.25, -0.2) is 4.98 Å². The number of nitrogens with zero attached hydrogens (tertiary/aromatic N) is 1. The van der Waals surface area contributed by atoms with E-state index in [4.69, 9.17) is 9.47 Å². The number of rotatable bonds is 8. The maximum Gasteiger partial charge on any atom is 0.251 e. The lowest BCUT2D eigenvalue weighted by Crippen LogP contribution is -2.23. The van der Waals surface area contributed by atoms with Gasteiger partial charge >= 0.3 is 0 Å². The van der Waals surface area contributed by atoms with Crippen LogP contribution in [0.1, 0.15) is 22.8 Å². The second kappa shape index (κ2) is 9.41. The third-order valence-electron chi connectivity index (χ3n) is 4.10. The first kappa shape index (κ1) is 19.2. The summed E-state index contributed by atoms with van der Waals surface area (Å²) < 4.78 is 10.9. The Morgan fingerprint density at radius 1 is 1.04 bits per heavy atom. The summed E-state index contributed by atoms with van der Waals surface area (Å²) in [6.45, 7) is 2.88. The molecule has 0 aliphatic rings. The molecule has 0 aliphatic carbocycles. The summed E-state index contributed by atoms with van der Waals surface area (Å²) in [6.07, 6.45) is 1.60. The molecule has 0 saturated heterocycles. The van der Waals surface area contributed by atoms with Gasteiger partial charge in [0, 0.05) is 23.9 Å². The predicted molar refractivity (Wildman–Crippen MR) is 109 cm³/mol. The summed E-state index contributed by atoms with van der Waals surface area (Å²) in [5.74, 6) is 1.86. The fourth-order valence-electron chi connectivity index (χ4n) is 2.76. The van der Waals surface area contributed by atoms with E-state index in [1.807, 2.05) is 55.5 Å². The number of anilines is 2. The quantitative estimate of drug-likeness (QED) is 0.617. The summed E-state index contributed by atoms with van der Waals surface area (Å²) in [6, 6.07) is 18.6. The number of amides is 1. The topological polar surface area (TPSA) is 72.5 Å². The van der Waals surface area contributed by atoms with Gasteiger partial charge in [-0.2, -0.15) is 0 Å². The zero-order valence-corrected chi connectivity index (χ0v) is 15.9. The summed E-state index contributed by atoms with van der Waals surface area (Å²) in [7, 11) is 1.61. The van der Waals surface area contributed by atoms with Crippen molar-refractivity contribution in [3.8, 4) is 11.5 Å². The molecule has 6 nitrogen and oxygen atoms in total. The third kappa shape index (κ3) is 4.79. The molecule has 144 valence electrons. The zero-order chi connectivity index (χ0) is 19.8. The fraction of sp³-hybridized carbons (Fsp3) is 0.182. The summed E-state index contributed by atoms with van der Waals surface area (Å²) >= 11 is 0. The van der Waals surface area contributed by atoms with E-state index in [2.05, 4.69) is 15.6 Å². The van der Waals surface area contributed by atoms with Crippen molar-refractivity contribution < 1.29 is 14.3 Å². The number of pyridine rings is 1. The predicted octanol–water partition coefficient (Wildman–Crippen LogP) is 4.16. The van der Waals surface area contributed by atoms with Crippen LogP contribution in [0, 0.1) is 0 Å². The number of aromatic nitrogens is 1. The average molecular weight is 377 g/mol. The van der Waals surface area contributed by atoms with Crippen LogP contribution in [0.3, 0.4) is 0 Å². The van der Waals surface area contributed by atoms with Gasteiger partial charge in [0.15, 0.2) is 0 Å². The summed E-state index contributed by atoms with van der Waals surface area (Å²) in [5, 5.41) is 6.12. The van der Waals surface area contributed by atoms with Gasteiger partial charge < -0.3 is 20.1 Å². The van der Waals surface area contributed by atoms with Gasteiger partial charge in [-0.15, -0.1) is 0 Å². The number of methoxy groups -OCH3 is 1. The number of ether oxygens (including phenoxy) is 2. The molecule has 1 heterocycles. The summed E-state index contributed by atoms with van der Waals surface area (Å²) in [4.78, 5) is 16.9. The number of carbonyl (C=O) groups excluding carboxylic acids is 1. The van der Waals surface area contributed by atoms with Crippen molar-refractivity contribution in [2.24, 2.45) is 0 Å². The number of nitrogens with one attached hydrogen (secondary N) is 2. The molecule has 1 aromatic heterocycles. The zero-order valence-electron chi connectivity index (χ0n) is 15.9. The van der Waals surface area contributed by atoms with Crippen LogP contribution in [0.15, 0.2) is 66.9 Å². The van der Waals surface area contributed by atoms with Gasteiger partial charge in [-0.05, 0) is 37.3 Å². The van der Waals surface area contributed by atoms with Crippen LogP contribution in [0.2, 0.25) is 0 Å². The van der Waals surface area contributed by atoms with Crippen molar-refractivity contribution in [3.05, 3.63) is 78.0 Å². The van der Waals surface area contributed by atoms with Crippen LogP contribution in [0.4, 0.5) is 11.5 Å². The van der Waals surface area contributed by atoms with Crippen LogP contribution in [0.25, 0.3) is 0 Å². The first-order valence-electron chi connectivity index (χ1n) is 9.06.